The first-order valence-corrected chi connectivity index (χ1v) is 11.8. The van der Waals surface area contributed by atoms with Crippen molar-refractivity contribution >= 4 is 17.7 Å². The molecule has 35 heavy (non-hydrogen) atoms. The summed E-state index contributed by atoms with van der Waals surface area (Å²) in [6.45, 7) is 5.03. The number of benzene rings is 2. The van der Waals surface area contributed by atoms with Crippen LogP contribution in [0.3, 0.4) is 0 Å². The van der Waals surface area contributed by atoms with Gasteiger partial charge in [-0.3, -0.25) is 19.7 Å². The largest absolute Gasteiger partial charge is 0.493 e. The number of nitrogens with one attached hydrogen (secondary N) is 1. The maximum atomic E-state index is 13.2. The Hall–Kier alpha value is -4.01. The van der Waals surface area contributed by atoms with Crippen LogP contribution in [0, 0.1) is 13.8 Å². The molecule has 1 aromatic heterocycles. The third-order valence-electron chi connectivity index (χ3n) is 7.13. The smallest absolute Gasteiger partial charge is 0.255 e. The number of imide groups is 1. The summed E-state index contributed by atoms with van der Waals surface area (Å²) in [5.41, 5.74) is 6.27. The van der Waals surface area contributed by atoms with Gasteiger partial charge in [-0.25, -0.2) is 4.68 Å². The van der Waals surface area contributed by atoms with Gasteiger partial charge in [-0.05, 0) is 37.5 Å². The molecule has 1 saturated heterocycles. The van der Waals surface area contributed by atoms with Crippen molar-refractivity contribution < 1.29 is 19.1 Å². The van der Waals surface area contributed by atoms with Gasteiger partial charge in [-0.1, -0.05) is 35.0 Å². The summed E-state index contributed by atoms with van der Waals surface area (Å²) in [4.78, 5) is 38.7. The van der Waals surface area contributed by atoms with Crippen molar-refractivity contribution in [3.8, 4) is 17.0 Å². The van der Waals surface area contributed by atoms with Gasteiger partial charge in [0.2, 0.25) is 11.8 Å². The van der Waals surface area contributed by atoms with Crippen molar-refractivity contribution in [3.63, 3.8) is 0 Å². The fraction of sp³-hybridized carbons (Fsp3) is 0.346. The highest BCUT2D eigenvalue weighted by atomic mass is 16.5. The van der Waals surface area contributed by atoms with Crippen LogP contribution in [0.1, 0.15) is 57.9 Å². The van der Waals surface area contributed by atoms with Crippen molar-refractivity contribution in [2.45, 2.75) is 51.7 Å². The quantitative estimate of drug-likeness (QED) is 0.589. The number of hydrogen-bond acceptors (Lipinski definition) is 6. The molecule has 9 nitrogen and oxygen atoms in total. The average molecular weight is 472 g/mol. The molecule has 6 rings (SSSR count). The molecule has 3 aliphatic heterocycles. The third-order valence-corrected chi connectivity index (χ3v) is 7.13. The molecule has 0 spiro atoms. The molecular weight excluding hydrogens is 446 g/mol. The van der Waals surface area contributed by atoms with E-state index in [2.05, 4.69) is 41.6 Å². The number of hydrogen-bond donors (Lipinski definition) is 1. The van der Waals surface area contributed by atoms with Crippen LogP contribution >= 0.6 is 0 Å². The molecule has 2 aromatic carbocycles. The molecule has 0 aliphatic carbocycles. The number of piperidine rings is 1. The molecule has 9 heteroatoms. The van der Waals surface area contributed by atoms with Gasteiger partial charge in [0.25, 0.3) is 5.91 Å². The number of carbonyl (C=O) groups excluding carboxylic acids is 3. The molecule has 2 atom stereocenters. The number of carbonyl (C=O) groups is 3. The number of rotatable bonds is 3. The minimum absolute atomic E-state index is 0.0111. The molecule has 3 amide bonds. The molecule has 3 aromatic rings. The predicted molar refractivity (Wildman–Crippen MR) is 126 cm³/mol. The van der Waals surface area contributed by atoms with Crippen molar-refractivity contribution in [2.24, 2.45) is 0 Å². The van der Waals surface area contributed by atoms with Crippen molar-refractivity contribution in [1.82, 2.24) is 25.2 Å². The Morgan fingerprint density at radius 2 is 1.89 bits per heavy atom. The number of amides is 3. The van der Waals surface area contributed by atoms with E-state index in [9.17, 15) is 14.4 Å². The summed E-state index contributed by atoms with van der Waals surface area (Å²) in [6.07, 6.45) is 3.26. The van der Waals surface area contributed by atoms with E-state index in [1.807, 2.05) is 23.0 Å². The molecule has 0 bridgehead atoms. The number of ether oxygens (including phenoxy) is 1. The summed E-state index contributed by atoms with van der Waals surface area (Å²) in [6, 6.07) is 9.16. The molecule has 0 saturated carbocycles. The summed E-state index contributed by atoms with van der Waals surface area (Å²) >= 11 is 0. The first-order valence-electron chi connectivity index (χ1n) is 11.8. The predicted octanol–water partition coefficient (Wildman–Crippen LogP) is 2.69. The molecule has 3 aliphatic rings. The molecular formula is C26H25N5O4. The average Bonchev–Trinajstić information content (AvgIpc) is 3.44. The number of nitrogens with zero attached hydrogens (tertiary/aromatic N) is 4. The fourth-order valence-electron chi connectivity index (χ4n) is 5.51. The monoisotopic (exact) mass is 471 g/mol. The van der Waals surface area contributed by atoms with Gasteiger partial charge in [-0.2, -0.15) is 0 Å². The van der Waals surface area contributed by atoms with Gasteiger partial charge in [0, 0.05) is 36.1 Å². The van der Waals surface area contributed by atoms with Crippen LogP contribution in [0.15, 0.2) is 36.5 Å². The summed E-state index contributed by atoms with van der Waals surface area (Å²) in [5.74, 6) is -0.00510. The van der Waals surface area contributed by atoms with E-state index in [4.69, 9.17) is 4.74 Å². The Bertz CT molecular complexity index is 1390. The summed E-state index contributed by atoms with van der Waals surface area (Å²) in [5, 5.41) is 11.3. The van der Waals surface area contributed by atoms with Crippen LogP contribution in [-0.2, 0) is 16.1 Å². The van der Waals surface area contributed by atoms with Crippen LogP contribution in [-0.4, -0.2) is 50.3 Å². The van der Waals surface area contributed by atoms with Crippen LogP contribution < -0.4 is 10.1 Å². The summed E-state index contributed by atoms with van der Waals surface area (Å²) < 4.78 is 7.83. The van der Waals surface area contributed by atoms with Gasteiger partial charge >= 0.3 is 0 Å². The van der Waals surface area contributed by atoms with Crippen molar-refractivity contribution in [2.75, 3.05) is 6.61 Å². The van der Waals surface area contributed by atoms with Gasteiger partial charge < -0.3 is 9.64 Å². The lowest BCUT2D eigenvalue weighted by molar-refractivity contribution is -0.136. The Balaban J connectivity index is 1.33. The summed E-state index contributed by atoms with van der Waals surface area (Å²) in [7, 11) is 0. The SMILES string of the molecule is Cc1cc(C)c2c(c1)[C@@H](n1cc(-c3cccc4c3CN(C3CCC(=O)NC3=O)C4=O)nn1)CCO2. The minimum atomic E-state index is -0.652. The molecule has 0 radical (unpaired) electrons. The molecule has 1 unspecified atom stereocenters. The molecule has 178 valence electrons. The van der Waals surface area contributed by atoms with Gasteiger partial charge in [0.1, 0.15) is 17.5 Å². The molecule has 4 heterocycles. The lowest BCUT2D eigenvalue weighted by Gasteiger charge is -2.29. The lowest BCUT2D eigenvalue weighted by Crippen LogP contribution is -2.52. The van der Waals surface area contributed by atoms with Crippen LogP contribution in [0.2, 0.25) is 0 Å². The van der Waals surface area contributed by atoms with Crippen molar-refractivity contribution in [1.29, 1.82) is 0 Å². The van der Waals surface area contributed by atoms with E-state index >= 15 is 0 Å². The van der Waals surface area contributed by atoms with Crippen LogP contribution in [0.5, 0.6) is 5.75 Å². The minimum Gasteiger partial charge on any atom is -0.493 e. The second kappa shape index (κ2) is 8.04. The normalized spacial score (nSPS) is 21.4. The van der Waals surface area contributed by atoms with E-state index in [0.29, 0.717) is 30.8 Å². The highest BCUT2D eigenvalue weighted by molar-refractivity contribution is 6.06. The lowest BCUT2D eigenvalue weighted by atomic mass is 9.95. The number of fused-ring (bicyclic) bond motifs is 2. The van der Waals surface area contributed by atoms with Crippen LogP contribution in [0.25, 0.3) is 11.3 Å². The highest BCUT2D eigenvalue weighted by Gasteiger charge is 2.40. The van der Waals surface area contributed by atoms with E-state index in [1.54, 1.807) is 11.0 Å². The highest BCUT2D eigenvalue weighted by Crippen LogP contribution is 2.39. The maximum Gasteiger partial charge on any atom is 0.255 e. The Morgan fingerprint density at radius 1 is 1.06 bits per heavy atom. The van der Waals surface area contributed by atoms with E-state index in [1.165, 1.54) is 5.56 Å². The van der Waals surface area contributed by atoms with E-state index in [0.717, 1.165) is 34.4 Å². The third kappa shape index (κ3) is 3.50. The van der Waals surface area contributed by atoms with Crippen molar-refractivity contribution in [3.05, 3.63) is 64.3 Å². The zero-order valence-electron chi connectivity index (χ0n) is 19.6. The topological polar surface area (TPSA) is 106 Å². The van der Waals surface area contributed by atoms with Crippen LogP contribution in [0.4, 0.5) is 0 Å². The Labute approximate surface area is 202 Å². The zero-order chi connectivity index (χ0) is 24.3. The Morgan fingerprint density at radius 3 is 2.71 bits per heavy atom. The van der Waals surface area contributed by atoms with Gasteiger partial charge in [0.05, 0.1) is 18.8 Å². The standard InChI is InChI=1S/C26H25N5O4/c1-14-10-15(2)24-18(11-14)21(8-9-35-24)31-13-20(28-29-31)16-4-3-5-17-19(16)12-30(26(17)34)22-6-7-23(32)27-25(22)33/h3-5,10-11,13,21-22H,6-9,12H2,1-2H3,(H,27,32,33)/t21-,22?/m0/s1. The molecule has 1 N–H and O–H groups in total. The zero-order valence-corrected chi connectivity index (χ0v) is 19.6. The number of aryl methyl sites for hydroxylation is 2. The maximum absolute atomic E-state index is 13.2. The van der Waals surface area contributed by atoms with Gasteiger partial charge in [0.15, 0.2) is 0 Å². The van der Waals surface area contributed by atoms with Gasteiger partial charge in [-0.15, -0.1) is 5.10 Å². The second-order valence-corrected chi connectivity index (χ2v) is 9.47. The second-order valence-electron chi connectivity index (χ2n) is 9.47. The first-order chi connectivity index (χ1) is 16.9. The molecule has 1 fully saturated rings. The van der Waals surface area contributed by atoms with E-state index in [-0.39, 0.29) is 24.3 Å². The van der Waals surface area contributed by atoms with E-state index < -0.39 is 11.9 Å². The fourth-order valence-corrected chi connectivity index (χ4v) is 5.51. The number of aromatic nitrogens is 3. The Kier molecular flexibility index (Phi) is 4.94. The first kappa shape index (κ1) is 21.5.